The second-order valence-electron chi connectivity index (χ2n) is 6.61. The van der Waals surface area contributed by atoms with Gasteiger partial charge >= 0.3 is 12.4 Å². The maximum absolute atomic E-state index is 13.3. The van der Waals surface area contributed by atoms with Gasteiger partial charge in [-0.2, -0.15) is 26.3 Å². The summed E-state index contributed by atoms with van der Waals surface area (Å²) in [5.74, 6) is -0.711. The van der Waals surface area contributed by atoms with E-state index < -0.39 is 34.8 Å². The van der Waals surface area contributed by atoms with Crippen molar-refractivity contribution in [1.82, 2.24) is 9.97 Å². The van der Waals surface area contributed by atoms with Gasteiger partial charge in [-0.05, 0) is 31.2 Å². The first-order valence-corrected chi connectivity index (χ1v) is 9.98. The van der Waals surface area contributed by atoms with E-state index >= 15 is 0 Å². The highest BCUT2D eigenvalue weighted by molar-refractivity contribution is 8.00. The predicted molar refractivity (Wildman–Crippen MR) is 108 cm³/mol. The molecule has 0 aliphatic rings. The van der Waals surface area contributed by atoms with Crippen molar-refractivity contribution in [2.24, 2.45) is 0 Å². The van der Waals surface area contributed by atoms with Gasteiger partial charge in [-0.25, -0.2) is 9.97 Å². The van der Waals surface area contributed by atoms with Crippen LogP contribution < -0.4 is 5.32 Å². The van der Waals surface area contributed by atoms with E-state index in [0.717, 1.165) is 24.3 Å². The Balaban J connectivity index is 1.82. The summed E-state index contributed by atoms with van der Waals surface area (Å²) in [6, 6.07) is 13.0. The number of alkyl halides is 6. The monoisotopic (exact) mass is 471 g/mol. The van der Waals surface area contributed by atoms with E-state index in [2.05, 4.69) is 15.3 Å². The van der Waals surface area contributed by atoms with Gasteiger partial charge in [0.15, 0.2) is 5.16 Å². The molecule has 1 unspecified atom stereocenters. The fourth-order valence-electron chi connectivity index (χ4n) is 2.61. The molecule has 0 bridgehead atoms. The Bertz CT molecular complexity index is 1100. The Labute approximate surface area is 183 Å². The van der Waals surface area contributed by atoms with Gasteiger partial charge < -0.3 is 5.32 Å². The summed E-state index contributed by atoms with van der Waals surface area (Å²) in [4.78, 5) is 20.0. The number of thioether (sulfide) groups is 1. The largest absolute Gasteiger partial charge is 0.433 e. The predicted octanol–water partition coefficient (Wildman–Crippen LogP) is 6.30. The van der Waals surface area contributed by atoms with Crippen molar-refractivity contribution < 1.29 is 31.1 Å². The SMILES string of the molecule is CC(Sc1nc(-c2ccccc2)cc(C(F)(F)F)n1)C(=O)Nc1cccc(C(F)(F)F)c1. The van der Waals surface area contributed by atoms with Crippen LogP contribution in [0.2, 0.25) is 0 Å². The molecular formula is C21H15F6N3OS. The van der Waals surface area contributed by atoms with Crippen LogP contribution in [0.3, 0.4) is 0 Å². The lowest BCUT2D eigenvalue weighted by Crippen LogP contribution is -2.23. The molecule has 3 aromatic rings. The molecular weight excluding hydrogens is 456 g/mol. The molecule has 0 saturated carbocycles. The molecule has 4 nitrogen and oxygen atoms in total. The first-order chi connectivity index (χ1) is 14.9. The van der Waals surface area contributed by atoms with Gasteiger partial charge in [0.1, 0.15) is 5.69 Å². The highest BCUT2D eigenvalue weighted by Gasteiger charge is 2.34. The lowest BCUT2D eigenvalue weighted by Gasteiger charge is -2.14. The molecule has 32 heavy (non-hydrogen) atoms. The van der Waals surface area contributed by atoms with Crippen LogP contribution in [-0.2, 0) is 17.1 Å². The Kier molecular flexibility index (Phi) is 6.77. The van der Waals surface area contributed by atoms with Crippen LogP contribution in [0.5, 0.6) is 0 Å². The van der Waals surface area contributed by atoms with Gasteiger partial charge in [0.25, 0.3) is 0 Å². The van der Waals surface area contributed by atoms with E-state index in [1.165, 1.54) is 13.0 Å². The molecule has 0 fully saturated rings. The van der Waals surface area contributed by atoms with Crippen molar-refractivity contribution >= 4 is 23.4 Å². The first kappa shape index (κ1) is 23.6. The van der Waals surface area contributed by atoms with Gasteiger partial charge in [-0.3, -0.25) is 4.79 Å². The zero-order valence-electron chi connectivity index (χ0n) is 16.3. The average molecular weight is 471 g/mol. The number of amides is 1. The number of benzene rings is 2. The number of aromatic nitrogens is 2. The van der Waals surface area contributed by atoms with E-state index in [1.54, 1.807) is 30.3 Å². The van der Waals surface area contributed by atoms with Crippen molar-refractivity contribution in [3.63, 3.8) is 0 Å². The van der Waals surface area contributed by atoms with Crippen molar-refractivity contribution in [1.29, 1.82) is 0 Å². The summed E-state index contributed by atoms with van der Waals surface area (Å²) < 4.78 is 78.4. The number of halogens is 6. The Morgan fingerprint density at radius 1 is 0.906 bits per heavy atom. The van der Waals surface area contributed by atoms with Gasteiger partial charge in [0, 0.05) is 11.3 Å². The number of hydrogen-bond acceptors (Lipinski definition) is 4. The number of carbonyl (C=O) groups excluding carboxylic acids is 1. The molecule has 3 rings (SSSR count). The van der Waals surface area contributed by atoms with Crippen LogP contribution >= 0.6 is 11.8 Å². The van der Waals surface area contributed by atoms with Crippen LogP contribution in [0.1, 0.15) is 18.2 Å². The first-order valence-electron chi connectivity index (χ1n) is 9.10. The van der Waals surface area contributed by atoms with E-state index in [1.807, 2.05) is 0 Å². The minimum atomic E-state index is -4.73. The van der Waals surface area contributed by atoms with Crippen molar-refractivity contribution in [2.75, 3.05) is 5.32 Å². The molecule has 1 aromatic heterocycles. The highest BCUT2D eigenvalue weighted by Crippen LogP contribution is 2.33. The second kappa shape index (κ2) is 9.19. The minimum Gasteiger partial charge on any atom is -0.325 e. The molecule has 2 aromatic carbocycles. The zero-order chi connectivity index (χ0) is 23.5. The van der Waals surface area contributed by atoms with Crippen LogP contribution in [0, 0.1) is 0 Å². The maximum atomic E-state index is 13.3. The molecule has 1 atom stereocenters. The number of hydrogen-bond donors (Lipinski definition) is 1. The molecule has 0 radical (unpaired) electrons. The van der Waals surface area contributed by atoms with Gasteiger partial charge in [-0.1, -0.05) is 48.2 Å². The summed E-state index contributed by atoms with van der Waals surface area (Å²) in [6.45, 7) is 1.39. The summed E-state index contributed by atoms with van der Waals surface area (Å²) in [5, 5.41) is 1.05. The lowest BCUT2D eigenvalue weighted by molar-refractivity contribution is -0.141. The molecule has 1 amide bonds. The number of nitrogens with one attached hydrogen (secondary N) is 1. The van der Waals surface area contributed by atoms with E-state index in [4.69, 9.17) is 0 Å². The Hall–Kier alpha value is -3.08. The Morgan fingerprint density at radius 3 is 2.22 bits per heavy atom. The van der Waals surface area contributed by atoms with Gasteiger partial charge in [0.05, 0.1) is 16.5 Å². The van der Waals surface area contributed by atoms with Gasteiger partial charge in [0.2, 0.25) is 5.91 Å². The number of nitrogens with zero attached hydrogens (tertiary/aromatic N) is 2. The molecule has 1 N–H and O–H groups in total. The fourth-order valence-corrected chi connectivity index (χ4v) is 3.39. The number of carbonyl (C=O) groups is 1. The van der Waals surface area contributed by atoms with E-state index in [0.29, 0.717) is 17.3 Å². The van der Waals surface area contributed by atoms with Crippen molar-refractivity contribution in [2.45, 2.75) is 29.7 Å². The normalized spacial score (nSPS) is 13.0. The molecule has 0 aliphatic heterocycles. The molecule has 11 heteroatoms. The minimum absolute atomic E-state index is 0.0286. The van der Waals surface area contributed by atoms with Crippen LogP contribution in [-0.4, -0.2) is 21.1 Å². The average Bonchev–Trinajstić information content (AvgIpc) is 2.73. The highest BCUT2D eigenvalue weighted by atomic mass is 32.2. The fraction of sp³-hybridized carbons (Fsp3) is 0.190. The number of anilines is 1. The maximum Gasteiger partial charge on any atom is 0.433 e. The lowest BCUT2D eigenvalue weighted by atomic mass is 10.1. The molecule has 168 valence electrons. The summed E-state index contributed by atoms with van der Waals surface area (Å²) >= 11 is 0.663. The number of rotatable bonds is 5. The van der Waals surface area contributed by atoms with E-state index in [-0.39, 0.29) is 16.5 Å². The molecule has 0 saturated heterocycles. The molecule has 1 heterocycles. The molecule has 0 aliphatic carbocycles. The topological polar surface area (TPSA) is 54.9 Å². The van der Waals surface area contributed by atoms with Crippen molar-refractivity contribution in [3.8, 4) is 11.3 Å². The van der Waals surface area contributed by atoms with Crippen LogP contribution in [0.15, 0.2) is 65.8 Å². The third kappa shape index (κ3) is 6.00. The van der Waals surface area contributed by atoms with Crippen LogP contribution in [0.25, 0.3) is 11.3 Å². The quantitative estimate of drug-likeness (QED) is 0.270. The smallest absolute Gasteiger partial charge is 0.325 e. The standard InChI is InChI=1S/C21H15F6N3OS/c1-12(18(31)28-15-9-5-8-14(10-15)20(22,23)24)32-19-29-16(13-6-3-2-4-7-13)11-17(30-19)21(25,26)27/h2-12H,1H3,(H,28,31). The third-order valence-electron chi connectivity index (χ3n) is 4.17. The molecule has 0 spiro atoms. The van der Waals surface area contributed by atoms with Gasteiger partial charge in [-0.15, -0.1) is 0 Å². The summed E-state index contributed by atoms with van der Waals surface area (Å²) in [7, 11) is 0. The zero-order valence-corrected chi connectivity index (χ0v) is 17.1. The summed E-state index contributed by atoms with van der Waals surface area (Å²) in [5.41, 5.74) is -1.74. The summed E-state index contributed by atoms with van der Waals surface area (Å²) in [6.07, 6.45) is -9.31. The third-order valence-corrected chi connectivity index (χ3v) is 5.14. The van der Waals surface area contributed by atoms with Crippen LogP contribution in [0.4, 0.5) is 32.0 Å². The van der Waals surface area contributed by atoms with E-state index in [9.17, 15) is 31.1 Å². The van der Waals surface area contributed by atoms with Crippen molar-refractivity contribution in [3.05, 3.63) is 71.9 Å². The second-order valence-corrected chi connectivity index (χ2v) is 7.92. The Morgan fingerprint density at radius 2 is 1.59 bits per heavy atom.